The first-order valence-corrected chi connectivity index (χ1v) is 10.0. The molecule has 0 aliphatic rings. The SMILES string of the molecule is CC[C@H](C(=O)NC)N(Cc1cccc(C)c1)C(=O)COc1cc(C)cc(C)c1C. The van der Waals surface area contributed by atoms with Crippen molar-refractivity contribution < 1.29 is 14.3 Å². The van der Waals surface area contributed by atoms with E-state index in [1.54, 1.807) is 11.9 Å². The Hall–Kier alpha value is -2.82. The molecule has 5 heteroatoms. The second kappa shape index (κ2) is 10.1. The Balaban J connectivity index is 2.25. The summed E-state index contributed by atoms with van der Waals surface area (Å²) in [6.45, 7) is 10.2. The molecule has 0 saturated heterocycles. The number of carbonyl (C=O) groups is 2. The molecule has 0 aliphatic carbocycles. The minimum absolute atomic E-state index is 0.108. The fourth-order valence-electron chi connectivity index (χ4n) is 3.47. The van der Waals surface area contributed by atoms with Gasteiger partial charge in [-0.2, -0.15) is 0 Å². The maximum absolute atomic E-state index is 13.1. The van der Waals surface area contributed by atoms with Crippen LogP contribution in [-0.2, 0) is 16.1 Å². The third-order valence-electron chi connectivity index (χ3n) is 5.18. The summed E-state index contributed by atoms with van der Waals surface area (Å²) in [5.41, 5.74) is 5.34. The van der Waals surface area contributed by atoms with Gasteiger partial charge in [-0.15, -0.1) is 0 Å². The van der Waals surface area contributed by atoms with Crippen molar-refractivity contribution in [3.63, 3.8) is 0 Å². The van der Waals surface area contributed by atoms with Crippen LogP contribution in [-0.4, -0.2) is 36.4 Å². The highest BCUT2D eigenvalue weighted by Gasteiger charge is 2.28. The minimum atomic E-state index is -0.544. The predicted octanol–water partition coefficient (Wildman–Crippen LogP) is 3.85. The molecule has 0 radical (unpaired) electrons. The van der Waals surface area contributed by atoms with Crippen molar-refractivity contribution in [3.05, 3.63) is 64.2 Å². The molecule has 0 aromatic heterocycles. The highest BCUT2D eigenvalue weighted by Crippen LogP contribution is 2.23. The summed E-state index contributed by atoms with van der Waals surface area (Å²) in [7, 11) is 1.59. The predicted molar refractivity (Wildman–Crippen MR) is 116 cm³/mol. The van der Waals surface area contributed by atoms with Gasteiger partial charge in [-0.05, 0) is 62.4 Å². The van der Waals surface area contributed by atoms with Crippen molar-refractivity contribution in [2.45, 2.75) is 53.6 Å². The van der Waals surface area contributed by atoms with Crippen molar-refractivity contribution in [1.29, 1.82) is 0 Å². The van der Waals surface area contributed by atoms with Gasteiger partial charge in [-0.1, -0.05) is 42.8 Å². The molecule has 2 aromatic rings. The van der Waals surface area contributed by atoms with E-state index >= 15 is 0 Å². The molecule has 156 valence electrons. The molecule has 2 rings (SSSR count). The topological polar surface area (TPSA) is 58.6 Å². The Kier molecular flexibility index (Phi) is 7.82. The molecule has 0 unspecified atom stereocenters. The van der Waals surface area contributed by atoms with Gasteiger partial charge in [-0.3, -0.25) is 9.59 Å². The number of rotatable bonds is 8. The number of hydrogen-bond acceptors (Lipinski definition) is 3. The number of aryl methyl sites for hydroxylation is 3. The second-order valence-electron chi connectivity index (χ2n) is 7.54. The average molecular weight is 397 g/mol. The number of carbonyl (C=O) groups excluding carboxylic acids is 2. The van der Waals surface area contributed by atoms with E-state index in [4.69, 9.17) is 4.74 Å². The summed E-state index contributed by atoms with van der Waals surface area (Å²) in [6.07, 6.45) is 0.528. The highest BCUT2D eigenvalue weighted by molar-refractivity contribution is 5.88. The van der Waals surface area contributed by atoms with Crippen molar-refractivity contribution >= 4 is 11.8 Å². The van der Waals surface area contributed by atoms with E-state index in [0.29, 0.717) is 18.7 Å². The lowest BCUT2D eigenvalue weighted by molar-refractivity contribution is -0.142. The first-order chi connectivity index (χ1) is 13.8. The summed E-state index contributed by atoms with van der Waals surface area (Å²) in [4.78, 5) is 27.2. The lowest BCUT2D eigenvalue weighted by Crippen LogP contribution is -2.49. The minimum Gasteiger partial charge on any atom is -0.483 e. The number of hydrogen-bond donors (Lipinski definition) is 1. The Morgan fingerprint density at radius 3 is 2.41 bits per heavy atom. The van der Waals surface area contributed by atoms with Crippen LogP contribution >= 0.6 is 0 Å². The average Bonchev–Trinajstić information content (AvgIpc) is 2.68. The van der Waals surface area contributed by atoms with Gasteiger partial charge in [-0.25, -0.2) is 0 Å². The van der Waals surface area contributed by atoms with Gasteiger partial charge in [0, 0.05) is 13.6 Å². The normalized spacial score (nSPS) is 11.7. The summed E-state index contributed by atoms with van der Waals surface area (Å²) in [6, 6.07) is 11.5. The first kappa shape index (κ1) is 22.5. The fourth-order valence-corrected chi connectivity index (χ4v) is 3.47. The molecule has 0 spiro atoms. The third kappa shape index (κ3) is 5.83. The van der Waals surface area contributed by atoms with E-state index in [2.05, 4.69) is 11.4 Å². The Bertz CT molecular complexity index is 876. The number of likely N-dealkylation sites (N-methyl/N-ethyl adjacent to an activating group) is 1. The zero-order valence-electron chi connectivity index (χ0n) is 18.3. The molecule has 1 atom stereocenters. The molecule has 2 amide bonds. The number of amides is 2. The van der Waals surface area contributed by atoms with Gasteiger partial charge in [0.2, 0.25) is 5.91 Å². The monoisotopic (exact) mass is 396 g/mol. The van der Waals surface area contributed by atoms with Gasteiger partial charge in [0.15, 0.2) is 6.61 Å². The largest absolute Gasteiger partial charge is 0.483 e. The quantitative estimate of drug-likeness (QED) is 0.737. The van der Waals surface area contributed by atoms with Crippen LogP contribution in [0.25, 0.3) is 0 Å². The maximum Gasteiger partial charge on any atom is 0.261 e. The number of nitrogens with one attached hydrogen (secondary N) is 1. The van der Waals surface area contributed by atoms with Crippen LogP contribution in [0.1, 0.15) is 41.2 Å². The fraction of sp³-hybridized carbons (Fsp3) is 0.417. The molecule has 0 saturated carbocycles. The third-order valence-corrected chi connectivity index (χ3v) is 5.18. The molecule has 0 heterocycles. The number of benzene rings is 2. The molecule has 29 heavy (non-hydrogen) atoms. The van der Waals surface area contributed by atoms with Gasteiger partial charge in [0.05, 0.1) is 0 Å². The smallest absolute Gasteiger partial charge is 0.261 e. The van der Waals surface area contributed by atoms with Crippen LogP contribution in [0.3, 0.4) is 0 Å². The van der Waals surface area contributed by atoms with Crippen LogP contribution < -0.4 is 10.1 Å². The van der Waals surface area contributed by atoms with Crippen LogP contribution in [0, 0.1) is 27.7 Å². The summed E-state index contributed by atoms with van der Waals surface area (Å²) >= 11 is 0. The molecule has 0 fully saturated rings. The van der Waals surface area contributed by atoms with Crippen LogP contribution in [0.5, 0.6) is 5.75 Å². The van der Waals surface area contributed by atoms with Crippen LogP contribution in [0.15, 0.2) is 36.4 Å². The Morgan fingerprint density at radius 2 is 1.79 bits per heavy atom. The molecular weight excluding hydrogens is 364 g/mol. The lowest BCUT2D eigenvalue weighted by atomic mass is 10.1. The van der Waals surface area contributed by atoms with Crippen molar-refractivity contribution in [2.24, 2.45) is 0 Å². The Morgan fingerprint density at radius 1 is 1.07 bits per heavy atom. The molecule has 2 aromatic carbocycles. The van der Waals surface area contributed by atoms with Gasteiger partial charge in [0.25, 0.3) is 5.91 Å². The van der Waals surface area contributed by atoms with E-state index in [1.807, 2.05) is 65.0 Å². The van der Waals surface area contributed by atoms with E-state index in [1.165, 1.54) is 0 Å². The zero-order valence-corrected chi connectivity index (χ0v) is 18.3. The molecular formula is C24H32N2O3. The molecule has 0 bridgehead atoms. The van der Waals surface area contributed by atoms with E-state index in [9.17, 15) is 9.59 Å². The summed E-state index contributed by atoms with van der Waals surface area (Å²) < 4.78 is 5.89. The van der Waals surface area contributed by atoms with Gasteiger partial charge < -0.3 is 15.0 Å². The van der Waals surface area contributed by atoms with Crippen molar-refractivity contribution in [1.82, 2.24) is 10.2 Å². The van der Waals surface area contributed by atoms with Gasteiger partial charge in [0.1, 0.15) is 11.8 Å². The zero-order chi connectivity index (χ0) is 21.6. The summed E-state index contributed by atoms with van der Waals surface area (Å²) in [5.74, 6) is 0.330. The molecule has 5 nitrogen and oxygen atoms in total. The number of nitrogens with zero attached hydrogens (tertiary/aromatic N) is 1. The standard InChI is InChI=1S/C24H32N2O3/c1-7-21(24(28)25-6)26(14-20-10-8-9-16(2)12-20)23(27)15-29-22-13-17(3)11-18(4)19(22)5/h8-13,21H,7,14-15H2,1-6H3,(H,25,28)/t21-/m1/s1. The maximum atomic E-state index is 13.1. The van der Waals surface area contributed by atoms with Gasteiger partial charge >= 0.3 is 0 Å². The van der Waals surface area contributed by atoms with E-state index < -0.39 is 6.04 Å². The second-order valence-corrected chi connectivity index (χ2v) is 7.54. The van der Waals surface area contributed by atoms with E-state index in [-0.39, 0.29) is 18.4 Å². The number of ether oxygens (including phenoxy) is 1. The van der Waals surface area contributed by atoms with Crippen molar-refractivity contribution in [3.8, 4) is 5.75 Å². The highest BCUT2D eigenvalue weighted by atomic mass is 16.5. The van der Waals surface area contributed by atoms with Crippen LogP contribution in [0.4, 0.5) is 0 Å². The van der Waals surface area contributed by atoms with E-state index in [0.717, 1.165) is 27.8 Å². The van der Waals surface area contributed by atoms with Crippen molar-refractivity contribution in [2.75, 3.05) is 13.7 Å². The Labute approximate surface area is 174 Å². The first-order valence-electron chi connectivity index (χ1n) is 10.0. The van der Waals surface area contributed by atoms with Crippen LogP contribution in [0.2, 0.25) is 0 Å². The molecule has 0 aliphatic heterocycles. The summed E-state index contributed by atoms with van der Waals surface area (Å²) in [5, 5.41) is 2.67. The molecule has 1 N–H and O–H groups in total. The lowest BCUT2D eigenvalue weighted by Gasteiger charge is -2.30.